The van der Waals surface area contributed by atoms with Gasteiger partial charge in [-0.2, -0.15) is 0 Å². The lowest BCUT2D eigenvalue weighted by Gasteiger charge is -2.35. The van der Waals surface area contributed by atoms with Crippen LogP contribution in [0.15, 0.2) is 36.4 Å². The van der Waals surface area contributed by atoms with E-state index in [0.717, 1.165) is 16.0 Å². The zero-order chi connectivity index (χ0) is 29.2. The number of hydrogen-bond donors (Lipinski definition) is 4. The van der Waals surface area contributed by atoms with E-state index in [2.05, 4.69) is 10.6 Å². The standard InChI is InChI=1S/C28H29Cl2F2N3O5/c1-26(2,13-36)15-5-3-4-14(8-15)6-7-33-23(37)20-19-11-27(31,32)12-35(19)28(21(20)24(38)39)17-9-16(29)10-18(30)22(17)34-25(28)40/h3-5,8-10,19-21,36H,6-7,11-13H2,1-2H3,(H,33,37)(H,34,40)(H,38,39)/t19-,20+,21-,28?/m1/s1. The molecule has 1 unspecified atom stereocenters. The van der Waals surface area contributed by atoms with Gasteiger partial charge in [-0.15, -0.1) is 0 Å². The van der Waals surface area contributed by atoms with Gasteiger partial charge in [0.15, 0.2) is 0 Å². The minimum absolute atomic E-state index is 0.0406. The number of alkyl halides is 2. The minimum atomic E-state index is -3.25. The van der Waals surface area contributed by atoms with Crippen molar-refractivity contribution in [2.75, 3.05) is 25.0 Å². The molecule has 0 bridgehead atoms. The molecule has 2 aromatic rings. The maximum absolute atomic E-state index is 14.8. The Morgan fingerprint density at radius 1 is 1.23 bits per heavy atom. The Balaban J connectivity index is 1.47. The van der Waals surface area contributed by atoms with Crippen LogP contribution < -0.4 is 10.6 Å². The first-order valence-corrected chi connectivity index (χ1v) is 13.6. The first-order chi connectivity index (χ1) is 18.7. The summed E-state index contributed by atoms with van der Waals surface area (Å²) in [7, 11) is 0. The number of amides is 2. The quantitative estimate of drug-likeness (QED) is 0.386. The van der Waals surface area contributed by atoms with Gasteiger partial charge in [-0.3, -0.25) is 19.3 Å². The van der Waals surface area contributed by atoms with Gasteiger partial charge in [-0.25, -0.2) is 8.78 Å². The molecule has 2 amide bonds. The van der Waals surface area contributed by atoms with Crippen LogP contribution in [0.3, 0.4) is 0 Å². The maximum Gasteiger partial charge on any atom is 0.310 e. The second-order valence-corrected chi connectivity index (χ2v) is 12.3. The topological polar surface area (TPSA) is 119 Å². The predicted octanol–water partition coefficient (Wildman–Crippen LogP) is 3.81. The lowest BCUT2D eigenvalue weighted by molar-refractivity contribution is -0.153. The molecule has 12 heteroatoms. The SMILES string of the molecule is CC(C)(CO)c1cccc(CCNC(=O)[C@H]2[C@H]3CC(F)(F)CN3C3(C(=O)Nc4c(Cl)cc(Cl)cc43)[C@H]2C(=O)O)c1. The molecular formula is C28H29Cl2F2N3O5. The Hall–Kier alpha value is -2.79. The second kappa shape index (κ2) is 9.94. The van der Waals surface area contributed by atoms with Crippen molar-refractivity contribution in [3.63, 3.8) is 0 Å². The number of anilines is 1. The summed E-state index contributed by atoms with van der Waals surface area (Å²) in [5.41, 5.74) is -0.597. The number of carboxylic acid groups (broad SMARTS) is 1. The van der Waals surface area contributed by atoms with E-state index in [1.807, 2.05) is 38.1 Å². The summed E-state index contributed by atoms with van der Waals surface area (Å²) < 4.78 is 29.7. The van der Waals surface area contributed by atoms with Crippen LogP contribution in [0.4, 0.5) is 14.5 Å². The van der Waals surface area contributed by atoms with Gasteiger partial charge in [-0.05, 0) is 29.7 Å². The first-order valence-electron chi connectivity index (χ1n) is 12.9. The molecule has 8 nitrogen and oxygen atoms in total. The summed E-state index contributed by atoms with van der Waals surface area (Å²) in [6.45, 7) is 2.97. The van der Waals surface area contributed by atoms with Crippen molar-refractivity contribution in [3.05, 3.63) is 63.1 Å². The Kier molecular flexibility index (Phi) is 7.14. The fourth-order valence-electron chi connectivity index (χ4n) is 6.49. The number of hydrogen-bond acceptors (Lipinski definition) is 5. The molecule has 40 heavy (non-hydrogen) atoms. The molecule has 0 aliphatic carbocycles. The number of aliphatic hydroxyl groups excluding tert-OH is 1. The highest BCUT2D eigenvalue weighted by molar-refractivity contribution is 6.38. The van der Waals surface area contributed by atoms with E-state index in [4.69, 9.17) is 23.2 Å². The lowest BCUT2D eigenvalue weighted by Crippen LogP contribution is -2.54. The zero-order valence-electron chi connectivity index (χ0n) is 21.8. The molecule has 3 aliphatic rings. The molecule has 1 spiro atoms. The summed E-state index contributed by atoms with van der Waals surface area (Å²) in [5, 5.41) is 25.5. The fourth-order valence-corrected chi connectivity index (χ4v) is 7.03. The second-order valence-electron chi connectivity index (χ2n) is 11.4. The molecule has 5 rings (SSSR count). The molecule has 2 fully saturated rings. The van der Waals surface area contributed by atoms with Crippen LogP contribution in [0.25, 0.3) is 0 Å². The number of nitrogens with zero attached hydrogens (tertiary/aromatic N) is 1. The van der Waals surface area contributed by atoms with Gasteiger partial charge in [0.1, 0.15) is 11.5 Å². The number of aliphatic hydroxyl groups is 1. The van der Waals surface area contributed by atoms with Gasteiger partial charge in [-0.1, -0.05) is 61.3 Å². The number of halogens is 4. The van der Waals surface area contributed by atoms with Crippen LogP contribution in [-0.4, -0.2) is 64.6 Å². The highest BCUT2D eigenvalue weighted by atomic mass is 35.5. The van der Waals surface area contributed by atoms with Crippen molar-refractivity contribution in [1.29, 1.82) is 0 Å². The summed E-state index contributed by atoms with van der Waals surface area (Å²) in [5.74, 6) is -9.38. The summed E-state index contributed by atoms with van der Waals surface area (Å²) >= 11 is 12.5. The molecule has 2 aromatic carbocycles. The number of aliphatic carboxylic acids is 1. The van der Waals surface area contributed by atoms with Gasteiger partial charge < -0.3 is 20.8 Å². The van der Waals surface area contributed by atoms with Crippen molar-refractivity contribution in [2.24, 2.45) is 11.8 Å². The molecule has 2 saturated heterocycles. The van der Waals surface area contributed by atoms with Crippen LogP contribution in [0, 0.1) is 11.8 Å². The van der Waals surface area contributed by atoms with Crippen LogP contribution >= 0.6 is 23.2 Å². The summed E-state index contributed by atoms with van der Waals surface area (Å²) in [6.07, 6.45) is -0.387. The highest BCUT2D eigenvalue weighted by Gasteiger charge is 2.74. The Bertz CT molecular complexity index is 1400. The van der Waals surface area contributed by atoms with Gasteiger partial charge in [0.2, 0.25) is 5.91 Å². The molecule has 214 valence electrons. The average Bonchev–Trinajstić information content (AvgIpc) is 3.45. The number of fused-ring (bicyclic) bond motifs is 4. The maximum atomic E-state index is 14.8. The molecule has 3 aliphatic heterocycles. The average molecular weight is 596 g/mol. The molecule has 4 atom stereocenters. The summed E-state index contributed by atoms with van der Waals surface area (Å²) in [4.78, 5) is 41.1. The van der Waals surface area contributed by atoms with Gasteiger partial charge in [0, 0.05) is 35.0 Å². The predicted molar refractivity (Wildman–Crippen MR) is 145 cm³/mol. The number of nitrogens with one attached hydrogen (secondary N) is 2. The first kappa shape index (κ1) is 28.7. The van der Waals surface area contributed by atoms with E-state index < -0.39 is 65.5 Å². The third kappa shape index (κ3) is 4.45. The van der Waals surface area contributed by atoms with Crippen molar-refractivity contribution in [1.82, 2.24) is 10.2 Å². The molecule has 0 aromatic heterocycles. The van der Waals surface area contributed by atoms with E-state index in [1.54, 1.807) is 0 Å². The third-order valence-electron chi connectivity index (χ3n) is 8.42. The summed E-state index contributed by atoms with van der Waals surface area (Å²) in [6, 6.07) is 9.02. The van der Waals surface area contributed by atoms with Gasteiger partial charge >= 0.3 is 5.97 Å². The van der Waals surface area contributed by atoms with E-state index in [9.17, 15) is 33.4 Å². The van der Waals surface area contributed by atoms with Crippen molar-refractivity contribution < 1.29 is 33.4 Å². The van der Waals surface area contributed by atoms with Crippen molar-refractivity contribution in [2.45, 2.75) is 49.6 Å². The van der Waals surface area contributed by atoms with Gasteiger partial charge in [0.05, 0.1) is 29.8 Å². The van der Waals surface area contributed by atoms with Gasteiger partial charge in [0.25, 0.3) is 11.8 Å². The van der Waals surface area contributed by atoms with E-state index in [-0.39, 0.29) is 34.4 Å². The van der Waals surface area contributed by atoms with E-state index >= 15 is 0 Å². The Labute approximate surface area is 239 Å². The Morgan fingerprint density at radius 3 is 2.62 bits per heavy atom. The number of benzene rings is 2. The smallest absolute Gasteiger partial charge is 0.310 e. The molecule has 0 radical (unpaired) electrons. The third-order valence-corrected chi connectivity index (χ3v) is 8.94. The van der Waals surface area contributed by atoms with Crippen molar-refractivity contribution >= 4 is 46.7 Å². The van der Waals surface area contributed by atoms with Crippen molar-refractivity contribution in [3.8, 4) is 0 Å². The lowest BCUT2D eigenvalue weighted by atomic mass is 9.73. The molecule has 0 saturated carbocycles. The zero-order valence-corrected chi connectivity index (χ0v) is 23.3. The monoisotopic (exact) mass is 595 g/mol. The Morgan fingerprint density at radius 2 is 1.95 bits per heavy atom. The number of rotatable bonds is 7. The number of carbonyl (C=O) groups is 3. The normalized spacial score (nSPS) is 27.0. The van der Waals surface area contributed by atoms with Crippen LogP contribution in [0.1, 0.15) is 37.0 Å². The van der Waals surface area contributed by atoms with Crippen LogP contribution in [0.2, 0.25) is 10.0 Å². The number of carboxylic acids is 1. The van der Waals surface area contributed by atoms with E-state index in [0.29, 0.717) is 6.42 Å². The fraction of sp³-hybridized carbons (Fsp3) is 0.464. The molecular weight excluding hydrogens is 567 g/mol. The number of carbonyl (C=O) groups excluding carboxylic acids is 2. The van der Waals surface area contributed by atoms with E-state index in [1.165, 1.54) is 12.1 Å². The largest absolute Gasteiger partial charge is 0.481 e. The molecule has 3 heterocycles. The van der Waals surface area contributed by atoms with Crippen LogP contribution in [-0.2, 0) is 31.8 Å². The van der Waals surface area contributed by atoms with Crippen LogP contribution in [0.5, 0.6) is 0 Å². The highest BCUT2D eigenvalue weighted by Crippen LogP contribution is 2.60. The molecule has 4 N–H and O–H groups in total. The minimum Gasteiger partial charge on any atom is -0.481 e.